The van der Waals surface area contributed by atoms with E-state index in [1.54, 1.807) is 51.9 Å². The highest BCUT2D eigenvalue weighted by Crippen LogP contribution is 2.33. The molecule has 0 saturated carbocycles. The predicted octanol–water partition coefficient (Wildman–Crippen LogP) is 4.38. The van der Waals surface area contributed by atoms with Crippen LogP contribution < -0.4 is 9.21 Å². The van der Waals surface area contributed by atoms with Crippen molar-refractivity contribution in [3.8, 4) is 12.1 Å². The standard InChI is InChI=1S/C27H36N6O4S2/c1-9-21-22(16-28)24(31(5)14-15-32(6)26(34)37-27(2,3)4)30-25(23(21)17-29)38-18-19-10-12-20(13-11-19)33(7)39(8,35)36/h10-13H,9,14-15,18H2,1-8H3. The second-order valence-corrected chi connectivity index (χ2v) is 13.0. The fraction of sp³-hybridized carbons (Fsp3) is 0.481. The fourth-order valence-corrected chi connectivity index (χ4v) is 5.01. The van der Waals surface area contributed by atoms with E-state index in [0.29, 0.717) is 58.5 Å². The number of hydrogen-bond donors (Lipinski definition) is 0. The number of anilines is 2. The van der Waals surface area contributed by atoms with Crippen LogP contribution in [0.15, 0.2) is 29.3 Å². The van der Waals surface area contributed by atoms with Crippen molar-refractivity contribution in [2.75, 3.05) is 49.7 Å². The number of amides is 1. The van der Waals surface area contributed by atoms with Crippen LogP contribution in [0.3, 0.4) is 0 Å². The second kappa shape index (κ2) is 13.0. The van der Waals surface area contributed by atoms with Crippen LogP contribution >= 0.6 is 11.8 Å². The Labute approximate surface area is 236 Å². The van der Waals surface area contributed by atoms with E-state index < -0.39 is 21.7 Å². The SMILES string of the molecule is CCc1c(C#N)c(SCc2ccc(N(C)S(C)(=O)=O)cc2)nc(N(C)CCN(C)C(=O)OC(C)(C)C)c1C#N. The lowest BCUT2D eigenvalue weighted by atomic mass is 10.0. The number of nitriles is 2. The van der Waals surface area contributed by atoms with E-state index in [1.165, 1.54) is 28.0 Å². The zero-order chi connectivity index (χ0) is 29.5. The van der Waals surface area contributed by atoms with Gasteiger partial charge in [0, 0.05) is 40.0 Å². The molecule has 0 atom stereocenters. The molecule has 0 aliphatic rings. The van der Waals surface area contributed by atoms with Crippen LogP contribution in [0.4, 0.5) is 16.3 Å². The maximum absolute atomic E-state index is 12.3. The van der Waals surface area contributed by atoms with Crippen LogP contribution in [-0.4, -0.2) is 70.5 Å². The average Bonchev–Trinajstić information content (AvgIpc) is 2.87. The number of pyridine rings is 1. The minimum absolute atomic E-state index is 0.342. The summed E-state index contributed by atoms with van der Waals surface area (Å²) < 4.78 is 30.2. The van der Waals surface area contributed by atoms with Crippen LogP contribution in [0.25, 0.3) is 0 Å². The Hall–Kier alpha value is -3.48. The molecular formula is C27H36N6O4S2. The third kappa shape index (κ3) is 8.50. The van der Waals surface area contributed by atoms with Gasteiger partial charge in [-0.25, -0.2) is 18.2 Å². The number of thioether (sulfide) groups is 1. The molecule has 0 unspecified atom stereocenters. The van der Waals surface area contributed by atoms with E-state index in [9.17, 15) is 23.7 Å². The Morgan fingerprint density at radius 2 is 1.64 bits per heavy atom. The first-order valence-corrected chi connectivity index (χ1v) is 15.1. The summed E-state index contributed by atoms with van der Waals surface area (Å²) >= 11 is 1.37. The number of benzene rings is 1. The van der Waals surface area contributed by atoms with Crippen molar-refractivity contribution >= 4 is 39.4 Å². The molecule has 10 nitrogen and oxygen atoms in total. The highest BCUT2D eigenvalue weighted by Gasteiger charge is 2.23. The largest absolute Gasteiger partial charge is 0.444 e. The Balaban J connectivity index is 2.31. The normalized spacial score (nSPS) is 11.3. The maximum atomic E-state index is 12.3. The molecule has 0 aliphatic carbocycles. The number of carbonyl (C=O) groups is 1. The first-order valence-electron chi connectivity index (χ1n) is 12.3. The van der Waals surface area contributed by atoms with Crippen molar-refractivity contribution in [2.45, 2.75) is 50.5 Å². The van der Waals surface area contributed by atoms with E-state index in [-0.39, 0.29) is 0 Å². The van der Waals surface area contributed by atoms with Crippen LogP contribution in [-0.2, 0) is 26.9 Å². The van der Waals surface area contributed by atoms with Crippen molar-refractivity contribution < 1.29 is 17.9 Å². The van der Waals surface area contributed by atoms with Gasteiger partial charge in [-0.2, -0.15) is 10.5 Å². The predicted molar refractivity (Wildman–Crippen MR) is 154 cm³/mol. The third-order valence-electron chi connectivity index (χ3n) is 5.84. The molecule has 0 bridgehead atoms. The number of carbonyl (C=O) groups excluding carboxylic acids is 1. The lowest BCUT2D eigenvalue weighted by molar-refractivity contribution is 0.0303. The highest BCUT2D eigenvalue weighted by molar-refractivity contribution is 7.98. The Kier molecular flexibility index (Phi) is 10.6. The molecule has 1 heterocycles. The van der Waals surface area contributed by atoms with E-state index in [2.05, 4.69) is 12.1 Å². The number of ether oxygens (including phenoxy) is 1. The summed E-state index contributed by atoms with van der Waals surface area (Å²) in [7, 11) is 1.58. The summed E-state index contributed by atoms with van der Waals surface area (Å²) in [5.74, 6) is 0.933. The van der Waals surface area contributed by atoms with Gasteiger partial charge in [0.05, 0.1) is 23.1 Å². The molecule has 0 N–H and O–H groups in total. The molecule has 1 amide bonds. The van der Waals surface area contributed by atoms with Crippen molar-refractivity contribution in [1.82, 2.24) is 9.88 Å². The monoisotopic (exact) mass is 572 g/mol. The van der Waals surface area contributed by atoms with Gasteiger partial charge in [-0.15, -0.1) is 11.8 Å². The number of rotatable bonds is 10. The molecule has 210 valence electrons. The summed E-state index contributed by atoms with van der Waals surface area (Å²) in [6.07, 6.45) is 1.18. The summed E-state index contributed by atoms with van der Waals surface area (Å²) in [5.41, 5.74) is 2.21. The fourth-order valence-electron chi connectivity index (χ4n) is 3.55. The molecule has 1 aromatic heterocycles. The number of aromatic nitrogens is 1. The number of hydrogen-bond acceptors (Lipinski definition) is 9. The number of sulfonamides is 1. The first-order chi connectivity index (χ1) is 18.1. The van der Waals surface area contributed by atoms with Crippen molar-refractivity contribution in [1.29, 1.82) is 10.5 Å². The topological polar surface area (TPSA) is 131 Å². The summed E-state index contributed by atoms with van der Waals surface area (Å²) in [6, 6.07) is 11.6. The highest BCUT2D eigenvalue weighted by atomic mass is 32.2. The zero-order valence-electron chi connectivity index (χ0n) is 23.8. The van der Waals surface area contributed by atoms with Gasteiger partial charge in [0.25, 0.3) is 0 Å². The van der Waals surface area contributed by atoms with Gasteiger partial charge < -0.3 is 14.5 Å². The van der Waals surface area contributed by atoms with Gasteiger partial charge >= 0.3 is 6.09 Å². The van der Waals surface area contributed by atoms with Crippen molar-refractivity contribution in [3.05, 3.63) is 46.5 Å². The maximum Gasteiger partial charge on any atom is 0.410 e. The molecular weight excluding hydrogens is 536 g/mol. The van der Waals surface area contributed by atoms with E-state index in [0.717, 1.165) is 11.8 Å². The molecule has 2 rings (SSSR count). The summed E-state index contributed by atoms with van der Waals surface area (Å²) in [6.45, 7) is 8.04. The molecule has 0 spiro atoms. The Morgan fingerprint density at radius 3 is 2.13 bits per heavy atom. The Bertz CT molecular complexity index is 1370. The third-order valence-corrected chi connectivity index (χ3v) is 8.09. The lowest BCUT2D eigenvalue weighted by Crippen LogP contribution is -2.38. The van der Waals surface area contributed by atoms with Gasteiger partial charge in [0.15, 0.2) is 0 Å². The van der Waals surface area contributed by atoms with Crippen molar-refractivity contribution in [3.63, 3.8) is 0 Å². The van der Waals surface area contributed by atoms with Crippen LogP contribution in [0.5, 0.6) is 0 Å². The Morgan fingerprint density at radius 1 is 1.05 bits per heavy atom. The van der Waals surface area contributed by atoms with Crippen LogP contribution in [0.2, 0.25) is 0 Å². The van der Waals surface area contributed by atoms with Crippen molar-refractivity contribution in [2.24, 2.45) is 0 Å². The summed E-state index contributed by atoms with van der Waals surface area (Å²) in [4.78, 5) is 20.3. The van der Waals surface area contributed by atoms with E-state index in [1.807, 2.05) is 19.1 Å². The molecule has 12 heteroatoms. The van der Waals surface area contributed by atoms with Gasteiger partial charge in [-0.05, 0) is 50.5 Å². The minimum Gasteiger partial charge on any atom is -0.444 e. The molecule has 0 fully saturated rings. The van der Waals surface area contributed by atoms with Crippen LogP contribution in [0.1, 0.15) is 49.9 Å². The molecule has 0 aliphatic heterocycles. The van der Waals surface area contributed by atoms with E-state index >= 15 is 0 Å². The average molecular weight is 573 g/mol. The van der Waals surface area contributed by atoms with E-state index in [4.69, 9.17) is 9.72 Å². The van der Waals surface area contributed by atoms with Gasteiger partial charge in [0.1, 0.15) is 28.6 Å². The van der Waals surface area contributed by atoms with Gasteiger partial charge in [0.2, 0.25) is 10.0 Å². The summed E-state index contributed by atoms with van der Waals surface area (Å²) in [5, 5.41) is 20.4. The molecule has 0 saturated heterocycles. The number of likely N-dealkylation sites (N-methyl/N-ethyl adjacent to an activating group) is 2. The second-order valence-electron chi connectivity index (χ2n) is 10.1. The smallest absolute Gasteiger partial charge is 0.410 e. The minimum atomic E-state index is -3.36. The number of nitrogens with zero attached hydrogens (tertiary/aromatic N) is 6. The lowest BCUT2D eigenvalue weighted by Gasteiger charge is -2.27. The molecule has 39 heavy (non-hydrogen) atoms. The molecule has 0 radical (unpaired) electrons. The molecule has 2 aromatic rings. The van der Waals surface area contributed by atoms with Gasteiger partial charge in [-0.3, -0.25) is 4.31 Å². The quantitative estimate of drug-likeness (QED) is 0.381. The zero-order valence-corrected chi connectivity index (χ0v) is 25.4. The first kappa shape index (κ1) is 31.7. The van der Waals surface area contributed by atoms with Crippen LogP contribution in [0, 0.1) is 22.7 Å². The van der Waals surface area contributed by atoms with Gasteiger partial charge in [-0.1, -0.05) is 19.1 Å². The molecule has 1 aromatic carbocycles.